The molecule has 0 bridgehead atoms. The molecule has 3 rings (SSSR count). The van der Waals surface area contributed by atoms with E-state index in [1.54, 1.807) is 12.5 Å². The minimum atomic E-state index is 0.0442. The predicted molar refractivity (Wildman–Crippen MR) is 67.4 cm³/mol. The van der Waals surface area contributed by atoms with E-state index in [-0.39, 0.29) is 6.04 Å². The van der Waals surface area contributed by atoms with Gasteiger partial charge in [-0.3, -0.25) is 9.25 Å². The summed E-state index contributed by atoms with van der Waals surface area (Å²) in [5, 5.41) is 12.4. The van der Waals surface area contributed by atoms with Crippen molar-refractivity contribution in [1.29, 1.82) is 0 Å². The highest BCUT2D eigenvalue weighted by Crippen LogP contribution is 2.17. The summed E-state index contributed by atoms with van der Waals surface area (Å²) >= 11 is 0. The van der Waals surface area contributed by atoms with Gasteiger partial charge in [-0.1, -0.05) is 18.2 Å². The standard InChI is InChI=1S/C13H13N5/c1-11(18-9-5-8-15-18)13-16-14-10-17(13)12-6-3-2-4-7-12/h2-11H,1H3. The maximum absolute atomic E-state index is 4.24. The van der Waals surface area contributed by atoms with Crippen LogP contribution in [0.15, 0.2) is 55.1 Å². The summed E-state index contributed by atoms with van der Waals surface area (Å²) in [4.78, 5) is 0. The molecule has 0 aliphatic carbocycles. The summed E-state index contributed by atoms with van der Waals surface area (Å²) in [6.45, 7) is 2.05. The van der Waals surface area contributed by atoms with Gasteiger partial charge in [-0.05, 0) is 25.1 Å². The monoisotopic (exact) mass is 239 g/mol. The second-order valence-corrected chi connectivity index (χ2v) is 4.06. The molecular weight excluding hydrogens is 226 g/mol. The van der Waals surface area contributed by atoms with Gasteiger partial charge in [0.15, 0.2) is 5.82 Å². The van der Waals surface area contributed by atoms with E-state index in [4.69, 9.17) is 0 Å². The molecule has 2 heterocycles. The zero-order valence-corrected chi connectivity index (χ0v) is 10.0. The van der Waals surface area contributed by atoms with Crippen LogP contribution in [0.4, 0.5) is 0 Å². The zero-order chi connectivity index (χ0) is 12.4. The fraction of sp³-hybridized carbons (Fsp3) is 0.154. The first-order chi connectivity index (χ1) is 8.86. The van der Waals surface area contributed by atoms with E-state index in [1.165, 1.54) is 0 Å². The maximum atomic E-state index is 4.24. The van der Waals surface area contributed by atoms with Crippen LogP contribution in [0.2, 0.25) is 0 Å². The molecule has 1 aromatic carbocycles. The number of hydrogen-bond acceptors (Lipinski definition) is 3. The second kappa shape index (κ2) is 4.44. The van der Waals surface area contributed by atoms with Crippen molar-refractivity contribution in [2.75, 3.05) is 0 Å². The van der Waals surface area contributed by atoms with Gasteiger partial charge in [0.25, 0.3) is 0 Å². The van der Waals surface area contributed by atoms with Gasteiger partial charge in [-0.2, -0.15) is 5.10 Å². The Morgan fingerprint density at radius 1 is 1.11 bits per heavy atom. The Hall–Kier alpha value is -2.43. The van der Waals surface area contributed by atoms with Crippen molar-refractivity contribution < 1.29 is 0 Å². The number of aromatic nitrogens is 5. The van der Waals surface area contributed by atoms with Gasteiger partial charge < -0.3 is 0 Å². The smallest absolute Gasteiger partial charge is 0.162 e. The van der Waals surface area contributed by atoms with Crippen molar-refractivity contribution in [3.05, 3.63) is 60.9 Å². The van der Waals surface area contributed by atoms with Crippen LogP contribution in [0.5, 0.6) is 0 Å². The molecule has 18 heavy (non-hydrogen) atoms. The third-order valence-electron chi connectivity index (χ3n) is 2.90. The van der Waals surface area contributed by atoms with Gasteiger partial charge in [0, 0.05) is 18.1 Å². The summed E-state index contributed by atoms with van der Waals surface area (Å²) in [5.74, 6) is 0.866. The molecule has 0 amide bonds. The van der Waals surface area contributed by atoms with Crippen LogP contribution in [0.3, 0.4) is 0 Å². The lowest BCUT2D eigenvalue weighted by molar-refractivity contribution is 0.528. The van der Waals surface area contributed by atoms with Crippen molar-refractivity contribution in [2.45, 2.75) is 13.0 Å². The number of nitrogens with zero attached hydrogens (tertiary/aromatic N) is 5. The summed E-state index contributed by atoms with van der Waals surface area (Å²) in [7, 11) is 0. The van der Waals surface area contributed by atoms with E-state index in [2.05, 4.69) is 22.2 Å². The van der Waals surface area contributed by atoms with E-state index in [1.807, 2.05) is 51.8 Å². The normalized spacial score (nSPS) is 12.5. The van der Waals surface area contributed by atoms with Gasteiger partial charge in [0.2, 0.25) is 0 Å². The first kappa shape index (κ1) is 10.7. The lowest BCUT2D eigenvalue weighted by Crippen LogP contribution is -2.13. The van der Waals surface area contributed by atoms with E-state index < -0.39 is 0 Å². The molecule has 1 unspecified atom stereocenters. The second-order valence-electron chi connectivity index (χ2n) is 4.06. The highest BCUT2D eigenvalue weighted by atomic mass is 15.3. The fourth-order valence-corrected chi connectivity index (χ4v) is 1.94. The average Bonchev–Trinajstić information content (AvgIpc) is 3.10. The van der Waals surface area contributed by atoms with Crippen LogP contribution < -0.4 is 0 Å². The Kier molecular flexibility index (Phi) is 2.64. The summed E-state index contributed by atoms with van der Waals surface area (Å²) in [6, 6.07) is 12.0. The Morgan fingerprint density at radius 2 is 1.94 bits per heavy atom. The average molecular weight is 239 g/mol. The molecule has 90 valence electrons. The number of hydrogen-bond donors (Lipinski definition) is 0. The molecule has 0 aliphatic heterocycles. The minimum absolute atomic E-state index is 0.0442. The first-order valence-electron chi connectivity index (χ1n) is 5.81. The quantitative estimate of drug-likeness (QED) is 0.703. The summed E-state index contributed by atoms with van der Waals surface area (Å²) in [6.07, 6.45) is 5.42. The third-order valence-corrected chi connectivity index (χ3v) is 2.90. The molecule has 0 saturated carbocycles. The molecule has 0 aliphatic rings. The van der Waals surface area contributed by atoms with Crippen molar-refractivity contribution in [2.24, 2.45) is 0 Å². The first-order valence-corrected chi connectivity index (χ1v) is 5.81. The third kappa shape index (κ3) is 1.79. The van der Waals surface area contributed by atoms with Crippen LogP contribution in [0.1, 0.15) is 18.8 Å². The molecule has 5 heteroatoms. The van der Waals surface area contributed by atoms with Crippen LogP contribution in [-0.4, -0.2) is 24.5 Å². The highest BCUT2D eigenvalue weighted by Gasteiger charge is 2.15. The van der Waals surface area contributed by atoms with Gasteiger partial charge in [0.1, 0.15) is 12.4 Å². The van der Waals surface area contributed by atoms with Crippen LogP contribution in [-0.2, 0) is 0 Å². The molecule has 0 N–H and O–H groups in total. The molecule has 0 spiro atoms. The minimum Gasteiger partial charge on any atom is -0.284 e. The Labute approximate surface area is 105 Å². The SMILES string of the molecule is CC(c1nncn1-c1ccccc1)n1cccn1. The zero-order valence-electron chi connectivity index (χ0n) is 10.0. The van der Waals surface area contributed by atoms with Crippen molar-refractivity contribution in [3.63, 3.8) is 0 Å². The number of para-hydroxylation sites is 1. The van der Waals surface area contributed by atoms with E-state index in [0.717, 1.165) is 11.5 Å². The topological polar surface area (TPSA) is 48.5 Å². The van der Waals surface area contributed by atoms with E-state index in [9.17, 15) is 0 Å². The fourth-order valence-electron chi connectivity index (χ4n) is 1.94. The molecule has 5 nitrogen and oxygen atoms in total. The Balaban J connectivity index is 2.02. The van der Waals surface area contributed by atoms with Gasteiger partial charge in [0.05, 0.1) is 0 Å². The number of rotatable bonds is 3. The molecule has 1 atom stereocenters. The van der Waals surface area contributed by atoms with Crippen LogP contribution in [0.25, 0.3) is 5.69 Å². The Morgan fingerprint density at radius 3 is 2.67 bits per heavy atom. The molecule has 3 aromatic rings. The molecule has 0 radical (unpaired) electrons. The van der Waals surface area contributed by atoms with Gasteiger partial charge in [-0.15, -0.1) is 10.2 Å². The highest BCUT2D eigenvalue weighted by molar-refractivity contribution is 5.32. The van der Waals surface area contributed by atoms with E-state index in [0.29, 0.717) is 0 Å². The Bertz CT molecular complexity index is 612. The van der Waals surface area contributed by atoms with E-state index >= 15 is 0 Å². The molecular formula is C13H13N5. The van der Waals surface area contributed by atoms with Crippen molar-refractivity contribution in [1.82, 2.24) is 24.5 Å². The van der Waals surface area contributed by atoms with Crippen LogP contribution >= 0.6 is 0 Å². The van der Waals surface area contributed by atoms with Crippen LogP contribution in [0, 0.1) is 0 Å². The maximum Gasteiger partial charge on any atom is 0.162 e. The lowest BCUT2D eigenvalue weighted by Gasteiger charge is -2.13. The lowest BCUT2D eigenvalue weighted by atomic mass is 10.3. The molecule has 0 fully saturated rings. The predicted octanol–water partition coefficient (Wildman–Crippen LogP) is 2.07. The largest absolute Gasteiger partial charge is 0.284 e. The van der Waals surface area contributed by atoms with Gasteiger partial charge >= 0.3 is 0 Å². The number of benzene rings is 1. The van der Waals surface area contributed by atoms with Crippen molar-refractivity contribution in [3.8, 4) is 5.69 Å². The molecule has 2 aromatic heterocycles. The summed E-state index contributed by atoms with van der Waals surface area (Å²) in [5.41, 5.74) is 1.05. The molecule has 0 saturated heterocycles. The summed E-state index contributed by atoms with van der Waals surface area (Å²) < 4.78 is 3.84. The van der Waals surface area contributed by atoms with Gasteiger partial charge in [-0.25, -0.2) is 0 Å². The van der Waals surface area contributed by atoms with Crippen molar-refractivity contribution >= 4 is 0 Å².